The van der Waals surface area contributed by atoms with Crippen molar-refractivity contribution in [2.45, 2.75) is 51.0 Å². The molecule has 160 valence electrons. The Morgan fingerprint density at radius 1 is 1.13 bits per heavy atom. The average Bonchev–Trinajstić information content (AvgIpc) is 2.79. The van der Waals surface area contributed by atoms with Crippen LogP contribution >= 0.6 is 0 Å². The summed E-state index contributed by atoms with van der Waals surface area (Å²) in [6.45, 7) is 3.20. The summed E-state index contributed by atoms with van der Waals surface area (Å²) in [5.74, 6) is 1.29. The normalized spacial score (nSPS) is 21.1. The molecule has 31 heavy (non-hydrogen) atoms. The molecular formula is C27H29NO3. The Kier molecular flexibility index (Phi) is 5.31. The molecule has 2 aliphatic heterocycles. The Morgan fingerprint density at radius 3 is 2.81 bits per heavy atom. The first-order valence-corrected chi connectivity index (χ1v) is 11.4. The molecule has 1 unspecified atom stereocenters. The monoisotopic (exact) mass is 415 g/mol. The van der Waals surface area contributed by atoms with Crippen molar-refractivity contribution in [2.24, 2.45) is 0 Å². The van der Waals surface area contributed by atoms with E-state index in [4.69, 9.17) is 4.74 Å². The third kappa shape index (κ3) is 3.76. The van der Waals surface area contributed by atoms with Gasteiger partial charge >= 0.3 is 0 Å². The zero-order valence-corrected chi connectivity index (χ0v) is 18.0. The van der Waals surface area contributed by atoms with Gasteiger partial charge in [0, 0.05) is 11.3 Å². The molecule has 1 fully saturated rings. The maximum atomic E-state index is 12.2. The number of ketones is 1. The Morgan fingerprint density at radius 2 is 1.97 bits per heavy atom. The van der Waals surface area contributed by atoms with Gasteiger partial charge in [-0.3, -0.25) is 4.79 Å². The molecule has 0 radical (unpaired) electrons. The van der Waals surface area contributed by atoms with Crippen molar-refractivity contribution in [3.8, 4) is 5.75 Å². The predicted molar refractivity (Wildman–Crippen MR) is 122 cm³/mol. The fourth-order valence-electron chi connectivity index (χ4n) is 5.26. The van der Waals surface area contributed by atoms with Crippen molar-refractivity contribution < 1.29 is 14.6 Å². The topological polar surface area (TPSA) is 49.8 Å². The molecule has 1 saturated carbocycles. The van der Waals surface area contributed by atoms with E-state index in [0.29, 0.717) is 19.1 Å². The lowest BCUT2D eigenvalue weighted by Gasteiger charge is -2.42. The van der Waals surface area contributed by atoms with Crippen LogP contribution in [0.4, 0.5) is 0 Å². The Hall–Kier alpha value is -3.01. The molecule has 0 amide bonds. The molecule has 0 bridgehead atoms. The number of fused-ring (bicyclic) bond motifs is 4. The van der Waals surface area contributed by atoms with E-state index in [1.165, 1.54) is 28.9 Å². The lowest BCUT2D eigenvalue weighted by atomic mass is 9.83. The molecule has 1 N–H and O–H groups in total. The highest BCUT2D eigenvalue weighted by molar-refractivity contribution is 5.97. The summed E-state index contributed by atoms with van der Waals surface area (Å²) in [5.41, 5.74) is 3.51. The number of carbonyl (C=O) groups is 1. The number of hydrogen-bond donors (Lipinski definition) is 1. The van der Waals surface area contributed by atoms with Gasteiger partial charge in [0.2, 0.25) is 0 Å². The van der Waals surface area contributed by atoms with Gasteiger partial charge in [-0.1, -0.05) is 49.7 Å². The Labute approximate surface area is 183 Å². The van der Waals surface area contributed by atoms with E-state index >= 15 is 0 Å². The van der Waals surface area contributed by atoms with Crippen molar-refractivity contribution >= 4 is 17.1 Å². The van der Waals surface area contributed by atoms with Crippen molar-refractivity contribution in [3.63, 3.8) is 0 Å². The van der Waals surface area contributed by atoms with Gasteiger partial charge in [-0.05, 0) is 60.1 Å². The number of benzene rings is 2. The SMILES string of the molecule is CC(CCOc1ccc2c(c1)=C1C(O)=CC(=O)CN1[C@H]1CCCCC=21)c1ccccc1. The molecule has 1 aliphatic carbocycles. The van der Waals surface area contributed by atoms with Crippen molar-refractivity contribution in [1.82, 2.24) is 4.90 Å². The van der Waals surface area contributed by atoms with Crippen LogP contribution in [0.3, 0.4) is 0 Å². The van der Waals surface area contributed by atoms with Crippen LogP contribution in [0.25, 0.3) is 11.3 Å². The standard InChI is InChI=1S/C27H29NO3/c1-18(19-7-3-2-4-8-19)13-14-31-21-11-12-22-23-9-5-6-10-25(23)28-17-20(29)15-26(30)27(28)24(22)16-21/h2-4,7-8,11-12,15-16,18,25,30H,5-6,9-10,13-14,17H2,1H3/t18?,25-/m0/s1. The summed E-state index contributed by atoms with van der Waals surface area (Å²) < 4.78 is 6.13. The minimum absolute atomic E-state index is 0.0306. The van der Waals surface area contributed by atoms with Gasteiger partial charge in [0.25, 0.3) is 0 Å². The highest BCUT2D eigenvalue weighted by Crippen LogP contribution is 2.35. The van der Waals surface area contributed by atoms with Crippen LogP contribution < -0.4 is 15.2 Å². The van der Waals surface area contributed by atoms with Gasteiger partial charge < -0.3 is 14.7 Å². The van der Waals surface area contributed by atoms with E-state index in [1.54, 1.807) is 0 Å². The first-order valence-electron chi connectivity index (χ1n) is 11.4. The molecule has 5 rings (SSSR count). The van der Waals surface area contributed by atoms with Crippen LogP contribution in [0, 0.1) is 0 Å². The first kappa shape index (κ1) is 19.9. The number of aliphatic hydroxyl groups excluding tert-OH is 1. The highest BCUT2D eigenvalue weighted by Gasteiger charge is 2.35. The Balaban J connectivity index is 1.46. The van der Waals surface area contributed by atoms with E-state index in [2.05, 4.69) is 48.2 Å². The van der Waals surface area contributed by atoms with Gasteiger partial charge in [-0.2, -0.15) is 0 Å². The van der Waals surface area contributed by atoms with E-state index in [9.17, 15) is 9.90 Å². The third-order valence-electron chi connectivity index (χ3n) is 6.89. The number of rotatable bonds is 5. The fraction of sp³-hybridized carbons (Fsp3) is 0.370. The predicted octanol–water partition coefficient (Wildman–Crippen LogP) is 3.80. The lowest BCUT2D eigenvalue weighted by Crippen LogP contribution is -2.52. The largest absolute Gasteiger partial charge is 0.506 e. The summed E-state index contributed by atoms with van der Waals surface area (Å²) in [6.07, 6.45) is 6.73. The van der Waals surface area contributed by atoms with E-state index in [0.717, 1.165) is 42.3 Å². The second kappa shape index (κ2) is 8.26. The zero-order valence-electron chi connectivity index (χ0n) is 18.0. The van der Waals surface area contributed by atoms with Crippen molar-refractivity contribution in [3.05, 3.63) is 76.4 Å². The minimum Gasteiger partial charge on any atom is -0.506 e. The molecular weight excluding hydrogens is 386 g/mol. The van der Waals surface area contributed by atoms with Crippen LogP contribution in [-0.4, -0.2) is 35.0 Å². The molecule has 2 aromatic rings. The molecule has 0 spiro atoms. The quantitative estimate of drug-likeness (QED) is 0.807. The van der Waals surface area contributed by atoms with Crippen molar-refractivity contribution in [1.29, 1.82) is 0 Å². The second-order valence-corrected chi connectivity index (χ2v) is 8.92. The molecule has 4 nitrogen and oxygen atoms in total. The summed E-state index contributed by atoms with van der Waals surface area (Å²) in [7, 11) is 0. The maximum absolute atomic E-state index is 12.2. The Bertz CT molecular complexity index is 1150. The van der Waals surface area contributed by atoms with Crippen LogP contribution in [0.15, 0.2) is 60.4 Å². The van der Waals surface area contributed by atoms with Crippen LogP contribution in [0.1, 0.15) is 50.5 Å². The zero-order chi connectivity index (χ0) is 21.4. The van der Waals surface area contributed by atoms with Crippen LogP contribution in [-0.2, 0) is 4.79 Å². The van der Waals surface area contributed by atoms with Crippen LogP contribution in [0.5, 0.6) is 5.75 Å². The summed E-state index contributed by atoms with van der Waals surface area (Å²) in [4.78, 5) is 14.3. The van der Waals surface area contributed by atoms with Crippen LogP contribution in [0.2, 0.25) is 0 Å². The summed E-state index contributed by atoms with van der Waals surface area (Å²) in [6, 6.07) is 17.0. The summed E-state index contributed by atoms with van der Waals surface area (Å²) in [5, 5.41) is 12.9. The fourth-order valence-corrected chi connectivity index (χ4v) is 5.26. The van der Waals surface area contributed by atoms with E-state index < -0.39 is 0 Å². The van der Waals surface area contributed by atoms with Gasteiger partial charge in [0.15, 0.2) is 5.78 Å². The average molecular weight is 416 g/mol. The number of carbonyl (C=O) groups excluding carboxylic acids is 1. The number of hydrogen-bond acceptors (Lipinski definition) is 4. The molecule has 2 atom stereocenters. The van der Waals surface area contributed by atoms with Gasteiger partial charge in [-0.25, -0.2) is 0 Å². The molecule has 0 aromatic heterocycles. The second-order valence-electron chi connectivity index (χ2n) is 8.92. The number of ether oxygens (including phenoxy) is 1. The van der Waals surface area contributed by atoms with Gasteiger partial charge in [0.05, 0.1) is 24.9 Å². The molecule has 4 heteroatoms. The number of aliphatic hydroxyl groups is 1. The summed E-state index contributed by atoms with van der Waals surface area (Å²) >= 11 is 0. The molecule has 3 aliphatic rings. The van der Waals surface area contributed by atoms with E-state index in [-0.39, 0.29) is 17.6 Å². The third-order valence-corrected chi connectivity index (χ3v) is 6.89. The van der Waals surface area contributed by atoms with E-state index in [1.807, 2.05) is 12.1 Å². The molecule has 2 heterocycles. The number of nitrogens with zero attached hydrogens (tertiary/aromatic N) is 1. The minimum atomic E-state index is -0.0306. The highest BCUT2D eigenvalue weighted by atomic mass is 16.5. The maximum Gasteiger partial charge on any atom is 0.178 e. The van der Waals surface area contributed by atoms with Crippen molar-refractivity contribution in [2.75, 3.05) is 13.2 Å². The smallest absolute Gasteiger partial charge is 0.178 e. The molecule has 0 saturated heterocycles. The van der Waals surface area contributed by atoms with Gasteiger partial charge in [-0.15, -0.1) is 0 Å². The molecule has 2 aromatic carbocycles. The lowest BCUT2D eigenvalue weighted by molar-refractivity contribution is -0.115. The first-order chi connectivity index (χ1) is 15.1. The van der Waals surface area contributed by atoms with Gasteiger partial charge in [0.1, 0.15) is 11.5 Å².